The minimum absolute atomic E-state index is 0.0395. The van der Waals surface area contributed by atoms with Crippen LogP contribution in [0.1, 0.15) is 23.0 Å². The zero-order valence-electron chi connectivity index (χ0n) is 12.1. The van der Waals surface area contributed by atoms with Crippen LogP contribution in [0.15, 0.2) is 12.1 Å². The smallest absolute Gasteiger partial charge is 0.164 e. The van der Waals surface area contributed by atoms with Gasteiger partial charge in [0, 0.05) is 6.07 Å². The molecule has 0 saturated heterocycles. The molecule has 5 nitrogen and oxygen atoms in total. The molecule has 0 unspecified atom stereocenters. The van der Waals surface area contributed by atoms with E-state index >= 15 is 0 Å². The Morgan fingerprint density at radius 2 is 1.95 bits per heavy atom. The van der Waals surface area contributed by atoms with Crippen LogP contribution in [0.2, 0.25) is 5.02 Å². The summed E-state index contributed by atoms with van der Waals surface area (Å²) in [6.07, 6.45) is 0. The van der Waals surface area contributed by atoms with E-state index in [4.69, 9.17) is 21.1 Å². The summed E-state index contributed by atoms with van der Waals surface area (Å²) in [5.41, 5.74) is 1.93. The Morgan fingerprint density at radius 3 is 2.52 bits per heavy atom. The molecule has 2 aromatic rings. The third-order valence-corrected chi connectivity index (χ3v) is 4.09. The van der Waals surface area contributed by atoms with Crippen LogP contribution in [0.25, 0.3) is 0 Å². The van der Waals surface area contributed by atoms with E-state index in [1.165, 1.54) is 25.6 Å². The van der Waals surface area contributed by atoms with Crippen molar-refractivity contribution in [1.29, 1.82) is 0 Å². The van der Waals surface area contributed by atoms with E-state index in [-0.39, 0.29) is 5.78 Å². The molecular formula is C14H15ClN2O3S. The molecular weight excluding hydrogens is 312 g/mol. The van der Waals surface area contributed by atoms with Crippen molar-refractivity contribution in [1.82, 2.24) is 4.37 Å². The normalized spacial score (nSPS) is 10.3. The lowest BCUT2D eigenvalue weighted by Crippen LogP contribution is -2.00. The maximum Gasteiger partial charge on any atom is 0.164 e. The van der Waals surface area contributed by atoms with Crippen molar-refractivity contribution in [2.24, 2.45) is 0 Å². The van der Waals surface area contributed by atoms with E-state index in [2.05, 4.69) is 9.69 Å². The Bertz CT molecular complexity index is 685. The Kier molecular flexibility index (Phi) is 4.69. The number of anilines is 2. The van der Waals surface area contributed by atoms with E-state index < -0.39 is 0 Å². The minimum Gasteiger partial charge on any atom is -0.495 e. The second-order valence-corrected chi connectivity index (χ2v) is 5.52. The summed E-state index contributed by atoms with van der Waals surface area (Å²) >= 11 is 7.36. The Labute approximate surface area is 132 Å². The highest BCUT2D eigenvalue weighted by Gasteiger charge is 2.17. The van der Waals surface area contributed by atoms with Gasteiger partial charge in [0.05, 0.1) is 36.2 Å². The van der Waals surface area contributed by atoms with E-state index in [9.17, 15) is 4.79 Å². The maximum atomic E-state index is 11.7. The molecule has 0 saturated carbocycles. The first kappa shape index (κ1) is 15.6. The van der Waals surface area contributed by atoms with Crippen molar-refractivity contribution in [2.45, 2.75) is 13.8 Å². The molecule has 0 aliphatic heterocycles. The van der Waals surface area contributed by atoms with Gasteiger partial charge in [-0.2, -0.15) is 4.37 Å². The van der Waals surface area contributed by atoms with Crippen LogP contribution >= 0.6 is 23.1 Å². The summed E-state index contributed by atoms with van der Waals surface area (Å²) in [7, 11) is 3.09. The number of halogens is 1. The van der Waals surface area contributed by atoms with Gasteiger partial charge in [-0.25, -0.2) is 0 Å². The van der Waals surface area contributed by atoms with Gasteiger partial charge in [-0.3, -0.25) is 4.79 Å². The lowest BCUT2D eigenvalue weighted by molar-refractivity contribution is 0.101. The summed E-state index contributed by atoms with van der Waals surface area (Å²) in [6, 6.07) is 3.38. The second kappa shape index (κ2) is 6.32. The van der Waals surface area contributed by atoms with Crippen molar-refractivity contribution < 1.29 is 14.3 Å². The molecule has 0 aliphatic carbocycles. The number of hydrogen-bond acceptors (Lipinski definition) is 6. The van der Waals surface area contributed by atoms with Crippen LogP contribution in [-0.2, 0) is 0 Å². The molecule has 0 aliphatic rings. The molecule has 2 rings (SSSR count). The number of Topliss-reactive ketones (excluding diaryl/α,β-unsaturated/α-hetero) is 1. The summed E-state index contributed by atoms with van der Waals surface area (Å²) in [4.78, 5) is 11.7. The minimum atomic E-state index is -0.0395. The van der Waals surface area contributed by atoms with Gasteiger partial charge < -0.3 is 14.8 Å². The Hall–Kier alpha value is -1.79. The number of carbonyl (C=O) groups is 1. The number of carbonyl (C=O) groups excluding carboxylic acids is 1. The summed E-state index contributed by atoms with van der Waals surface area (Å²) in [5, 5.41) is 4.27. The molecule has 21 heavy (non-hydrogen) atoms. The Morgan fingerprint density at radius 1 is 1.29 bits per heavy atom. The lowest BCUT2D eigenvalue weighted by atomic mass is 10.2. The maximum absolute atomic E-state index is 11.7. The molecule has 0 fully saturated rings. The van der Waals surface area contributed by atoms with Gasteiger partial charge in [0.1, 0.15) is 16.5 Å². The monoisotopic (exact) mass is 326 g/mol. The molecule has 1 N–H and O–H groups in total. The largest absolute Gasteiger partial charge is 0.495 e. The van der Waals surface area contributed by atoms with E-state index in [1.807, 2.05) is 0 Å². The molecule has 0 radical (unpaired) electrons. The third kappa shape index (κ3) is 3.11. The second-order valence-electron chi connectivity index (χ2n) is 4.34. The van der Waals surface area contributed by atoms with Gasteiger partial charge in [-0.1, -0.05) is 11.6 Å². The van der Waals surface area contributed by atoms with Gasteiger partial charge in [0.2, 0.25) is 0 Å². The average Bonchev–Trinajstić information content (AvgIpc) is 2.80. The quantitative estimate of drug-likeness (QED) is 0.839. The molecule has 0 spiro atoms. The number of aryl methyl sites for hydroxylation is 1. The molecule has 0 amide bonds. The van der Waals surface area contributed by atoms with Crippen molar-refractivity contribution >= 4 is 39.6 Å². The summed E-state index contributed by atoms with van der Waals surface area (Å²) in [6.45, 7) is 3.32. The standard InChI is InChI=1S/C14H15ClN2O3S/c1-7-13(8(2)18)14(21-17-7)16-10-5-9(15)11(19-3)6-12(10)20-4/h5-6,16H,1-4H3. The molecule has 0 bridgehead atoms. The molecule has 1 aromatic carbocycles. The number of nitrogens with zero attached hydrogens (tertiary/aromatic N) is 1. The summed E-state index contributed by atoms with van der Waals surface area (Å²) < 4.78 is 14.7. The number of ketones is 1. The molecule has 1 aromatic heterocycles. The Balaban J connectivity index is 2.44. The fourth-order valence-electron chi connectivity index (χ4n) is 1.95. The number of ether oxygens (including phenoxy) is 2. The third-order valence-electron chi connectivity index (χ3n) is 2.94. The van der Waals surface area contributed by atoms with Gasteiger partial charge in [0.15, 0.2) is 5.78 Å². The van der Waals surface area contributed by atoms with E-state index in [1.54, 1.807) is 26.2 Å². The predicted molar refractivity (Wildman–Crippen MR) is 84.7 cm³/mol. The number of rotatable bonds is 5. The van der Waals surface area contributed by atoms with Crippen LogP contribution in [0, 0.1) is 6.92 Å². The number of aromatic nitrogens is 1. The molecule has 0 atom stereocenters. The van der Waals surface area contributed by atoms with Crippen molar-refractivity contribution in [3.8, 4) is 11.5 Å². The first-order valence-electron chi connectivity index (χ1n) is 6.13. The van der Waals surface area contributed by atoms with Gasteiger partial charge in [-0.15, -0.1) is 0 Å². The van der Waals surface area contributed by atoms with E-state index in [0.29, 0.717) is 38.5 Å². The highest BCUT2D eigenvalue weighted by Crippen LogP contribution is 2.39. The number of methoxy groups -OCH3 is 2. The van der Waals surface area contributed by atoms with E-state index in [0.717, 1.165) is 0 Å². The highest BCUT2D eigenvalue weighted by molar-refractivity contribution is 7.10. The fraction of sp³-hybridized carbons (Fsp3) is 0.286. The van der Waals surface area contributed by atoms with Crippen LogP contribution < -0.4 is 14.8 Å². The molecule has 112 valence electrons. The van der Waals surface area contributed by atoms with Crippen LogP contribution in [-0.4, -0.2) is 24.4 Å². The SMILES string of the molecule is COc1cc(OC)c(Nc2snc(C)c2C(C)=O)cc1Cl. The lowest BCUT2D eigenvalue weighted by Gasteiger charge is -2.13. The van der Waals surface area contributed by atoms with Crippen molar-refractivity contribution in [3.63, 3.8) is 0 Å². The van der Waals surface area contributed by atoms with Crippen molar-refractivity contribution in [3.05, 3.63) is 28.4 Å². The highest BCUT2D eigenvalue weighted by atomic mass is 35.5. The first-order chi connectivity index (χ1) is 9.97. The zero-order valence-corrected chi connectivity index (χ0v) is 13.7. The summed E-state index contributed by atoms with van der Waals surface area (Å²) in [5.74, 6) is 1.05. The first-order valence-corrected chi connectivity index (χ1v) is 7.28. The number of nitrogens with one attached hydrogen (secondary N) is 1. The van der Waals surface area contributed by atoms with Crippen LogP contribution in [0.4, 0.5) is 10.7 Å². The topological polar surface area (TPSA) is 60.5 Å². The number of benzene rings is 1. The zero-order chi connectivity index (χ0) is 15.6. The predicted octanol–water partition coefficient (Wildman–Crippen LogP) is 4.07. The fourth-order valence-corrected chi connectivity index (χ4v) is 3.05. The van der Waals surface area contributed by atoms with Crippen LogP contribution in [0.5, 0.6) is 11.5 Å². The van der Waals surface area contributed by atoms with Crippen molar-refractivity contribution in [2.75, 3.05) is 19.5 Å². The molecule has 1 heterocycles. The van der Waals surface area contributed by atoms with Crippen LogP contribution in [0.3, 0.4) is 0 Å². The number of hydrogen-bond donors (Lipinski definition) is 1. The van der Waals surface area contributed by atoms with Gasteiger partial charge in [0.25, 0.3) is 0 Å². The van der Waals surface area contributed by atoms with Gasteiger partial charge >= 0.3 is 0 Å². The average molecular weight is 327 g/mol. The molecule has 7 heteroatoms. The van der Waals surface area contributed by atoms with Gasteiger partial charge in [-0.05, 0) is 31.4 Å².